The van der Waals surface area contributed by atoms with Gasteiger partial charge in [0.05, 0.1) is 13.0 Å². The Balaban J connectivity index is 2.33. The normalized spacial score (nSPS) is 16.3. The molecule has 2 rings (SSSR count). The molecule has 23 nitrogen and oxygen atoms in total. The summed E-state index contributed by atoms with van der Waals surface area (Å²) in [5.74, 6) is -10.6. The number of carboxylic acid groups (broad SMARTS) is 1. The molecule has 0 radical (unpaired) electrons. The van der Waals surface area contributed by atoms with E-state index in [1.165, 1.54) is 17.0 Å². The Kier molecular flexibility index (Phi) is 24.3. The van der Waals surface area contributed by atoms with E-state index in [4.69, 9.17) is 11.5 Å². The molecule has 1 heterocycles. The second-order valence-electron chi connectivity index (χ2n) is 17.1. The second kappa shape index (κ2) is 28.7. The van der Waals surface area contributed by atoms with E-state index in [1.807, 2.05) is 13.8 Å². The zero-order valence-electron chi connectivity index (χ0n) is 39.1. The number of phenols is 1. The largest absolute Gasteiger partial charge is 0.508 e. The van der Waals surface area contributed by atoms with Crippen LogP contribution in [0.1, 0.15) is 98.0 Å². The summed E-state index contributed by atoms with van der Waals surface area (Å²) in [6.45, 7) is 8.40. The third kappa shape index (κ3) is 19.4. The van der Waals surface area contributed by atoms with Crippen LogP contribution >= 0.6 is 12.6 Å². The summed E-state index contributed by atoms with van der Waals surface area (Å²) in [7, 11) is 0. The zero-order valence-corrected chi connectivity index (χ0v) is 40.0. The van der Waals surface area contributed by atoms with Gasteiger partial charge >= 0.3 is 5.97 Å². The Labute approximate surface area is 400 Å². The van der Waals surface area contributed by atoms with Crippen LogP contribution in [0.25, 0.3) is 0 Å². The lowest BCUT2D eigenvalue weighted by Gasteiger charge is -2.30. The first-order chi connectivity index (χ1) is 32.0. The van der Waals surface area contributed by atoms with Crippen molar-refractivity contribution in [3.63, 3.8) is 0 Å². The summed E-state index contributed by atoms with van der Waals surface area (Å²) < 4.78 is 0. The first-order valence-corrected chi connectivity index (χ1v) is 23.2. The fraction of sp³-hybridized carbons (Fsp3) is 0.614. The minimum atomic E-state index is -1.77. The number of aliphatic carboxylic acids is 1. The fourth-order valence-electron chi connectivity index (χ4n) is 7.24. The van der Waals surface area contributed by atoms with Crippen LogP contribution in [-0.4, -0.2) is 141 Å². The number of aromatic hydroxyl groups is 1. The number of thiol groups is 1. The van der Waals surface area contributed by atoms with Crippen molar-refractivity contribution >= 4 is 77.7 Å². The van der Waals surface area contributed by atoms with E-state index in [0.29, 0.717) is 24.8 Å². The molecule has 0 unspecified atom stereocenters. The Bertz CT molecular complexity index is 1970. The molecule has 1 aromatic rings. The van der Waals surface area contributed by atoms with Crippen LogP contribution in [0.4, 0.5) is 0 Å². The van der Waals surface area contributed by atoms with Crippen LogP contribution < -0.4 is 48.7 Å². The third-order valence-corrected chi connectivity index (χ3v) is 11.4. The van der Waals surface area contributed by atoms with Crippen molar-refractivity contribution in [2.24, 2.45) is 23.3 Å². The summed E-state index contributed by atoms with van der Waals surface area (Å²) >= 11 is 4.23. The molecule has 0 aromatic heterocycles. The number of nitrogens with zero attached hydrogens (tertiary/aromatic N) is 1. The highest BCUT2D eigenvalue weighted by Gasteiger charge is 2.40. The molecule has 0 bridgehead atoms. The molecular formula is C44H68N10O13S. The summed E-state index contributed by atoms with van der Waals surface area (Å²) in [6, 6.07) is -3.57. The monoisotopic (exact) mass is 976 g/mol. The molecule has 1 saturated heterocycles. The molecule has 24 heteroatoms. The predicted octanol–water partition coefficient (Wildman–Crippen LogP) is -2.00. The van der Waals surface area contributed by atoms with Crippen molar-refractivity contribution in [3.05, 3.63) is 29.8 Å². The van der Waals surface area contributed by atoms with Gasteiger partial charge in [-0.25, -0.2) is 0 Å². The van der Waals surface area contributed by atoms with E-state index < -0.39 is 139 Å². The number of nitrogens with one attached hydrogen (secondary N) is 7. The van der Waals surface area contributed by atoms with Crippen LogP contribution in [0.5, 0.6) is 5.75 Å². The maximum absolute atomic E-state index is 14.0. The van der Waals surface area contributed by atoms with Crippen molar-refractivity contribution in [1.82, 2.24) is 42.1 Å². The standard InChI is InChI=1S/C44H68N10O13S/c1-6-9-35(58)48-29(19-25-11-13-26(55)14-12-25)41(64)53-37(24(5)7-2)43(66)49-27(15-16-36(59)60)39(62)50-30(20-33(45)56)40(63)52-31(22-68)44(67)54-17-8-10-32(54)42(65)51-28(18-23(3)4)38(61)47-21-34(46)57/h11-14,23-24,27-32,37,55,68H,6-10,15-22H2,1-5H3,(H2,45,56)(H2,46,57)(H,47,61)(H,48,58)(H,49,66)(H,50,62)(H,51,65)(H,52,63)(H,53,64)(H,59,60)/t24-,27-,28-,29-,30-,31-,32-,37-/m0/s1. The number of likely N-dealkylation sites (tertiary alicyclic amines) is 1. The Morgan fingerprint density at radius 1 is 0.735 bits per heavy atom. The lowest BCUT2D eigenvalue weighted by atomic mass is 9.96. The predicted molar refractivity (Wildman–Crippen MR) is 249 cm³/mol. The second-order valence-corrected chi connectivity index (χ2v) is 17.5. The molecule has 1 aromatic carbocycles. The highest BCUT2D eigenvalue weighted by atomic mass is 32.1. The number of primary amides is 2. The first kappa shape index (κ1) is 57.7. The average Bonchev–Trinajstić information content (AvgIpc) is 3.77. The molecular weight excluding hydrogens is 909 g/mol. The van der Waals surface area contributed by atoms with Crippen molar-refractivity contribution in [2.75, 3.05) is 18.8 Å². The van der Waals surface area contributed by atoms with E-state index in [2.05, 4.69) is 49.8 Å². The summed E-state index contributed by atoms with van der Waals surface area (Å²) in [5, 5.41) is 36.8. The number of hydrogen-bond donors (Lipinski definition) is 12. The lowest BCUT2D eigenvalue weighted by Crippen LogP contribution is -2.61. The number of hydrogen-bond acceptors (Lipinski definition) is 13. The number of carbonyl (C=O) groups excluding carboxylic acids is 10. The molecule has 0 spiro atoms. The molecule has 8 atom stereocenters. The van der Waals surface area contributed by atoms with Crippen LogP contribution in [0.15, 0.2) is 24.3 Å². The van der Waals surface area contributed by atoms with Gasteiger partial charge in [-0.15, -0.1) is 0 Å². The van der Waals surface area contributed by atoms with E-state index in [0.717, 1.165) is 0 Å². The highest BCUT2D eigenvalue weighted by molar-refractivity contribution is 7.80. The molecule has 10 amide bonds. The SMILES string of the molecule is CCCC(=O)N[C@@H](Cc1ccc(O)cc1)C(=O)N[C@H](C(=O)N[C@@H](CCC(=O)O)C(=O)N[C@@H](CC(N)=O)C(=O)N[C@@H](CS)C(=O)N1CCC[C@H]1C(=O)N[C@@H](CC(C)C)C(=O)NCC(N)=O)[C@@H](C)CC. The molecule has 1 aliphatic rings. The molecule has 13 N–H and O–H groups in total. The highest BCUT2D eigenvalue weighted by Crippen LogP contribution is 2.20. The molecule has 1 fully saturated rings. The van der Waals surface area contributed by atoms with Crippen LogP contribution in [0.3, 0.4) is 0 Å². The quantitative estimate of drug-likeness (QED) is 0.0387. The topological polar surface area (TPSA) is 368 Å². The van der Waals surface area contributed by atoms with Crippen molar-refractivity contribution in [2.45, 2.75) is 141 Å². The molecule has 68 heavy (non-hydrogen) atoms. The minimum Gasteiger partial charge on any atom is -0.508 e. The van der Waals surface area contributed by atoms with Gasteiger partial charge < -0.3 is 63.8 Å². The van der Waals surface area contributed by atoms with E-state index in [9.17, 15) is 63.0 Å². The van der Waals surface area contributed by atoms with Gasteiger partial charge in [0.1, 0.15) is 48.0 Å². The summed E-state index contributed by atoms with van der Waals surface area (Å²) in [5.41, 5.74) is 11.2. The number of phenolic OH excluding ortho intramolecular Hbond substituents is 1. The van der Waals surface area contributed by atoms with Gasteiger partial charge in [-0.1, -0.05) is 53.2 Å². The van der Waals surface area contributed by atoms with Crippen LogP contribution in [-0.2, 0) is 59.2 Å². The first-order valence-electron chi connectivity index (χ1n) is 22.6. The van der Waals surface area contributed by atoms with Gasteiger partial charge in [0.15, 0.2) is 0 Å². The van der Waals surface area contributed by atoms with Crippen molar-refractivity contribution < 1.29 is 63.0 Å². The number of carbonyl (C=O) groups is 11. The van der Waals surface area contributed by atoms with Gasteiger partial charge in [0, 0.05) is 31.6 Å². The van der Waals surface area contributed by atoms with Crippen molar-refractivity contribution in [3.8, 4) is 5.75 Å². The lowest BCUT2D eigenvalue weighted by molar-refractivity contribution is -0.142. The van der Waals surface area contributed by atoms with E-state index in [1.54, 1.807) is 32.9 Å². The molecule has 0 saturated carbocycles. The number of carboxylic acids is 1. The van der Waals surface area contributed by atoms with Gasteiger partial charge in [0.25, 0.3) is 0 Å². The molecule has 1 aliphatic heterocycles. The van der Waals surface area contributed by atoms with Gasteiger partial charge in [0.2, 0.25) is 59.1 Å². The van der Waals surface area contributed by atoms with Crippen molar-refractivity contribution in [1.29, 1.82) is 0 Å². The van der Waals surface area contributed by atoms with E-state index >= 15 is 0 Å². The number of amides is 10. The number of benzene rings is 1. The maximum Gasteiger partial charge on any atom is 0.303 e. The fourth-order valence-corrected chi connectivity index (χ4v) is 7.48. The average molecular weight is 977 g/mol. The smallest absolute Gasteiger partial charge is 0.303 e. The van der Waals surface area contributed by atoms with Crippen LogP contribution in [0.2, 0.25) is 0 Å². The third-order valence-electron chi connectivity index (χ3n) is 11.0. The van der Waals surface area contributed by atoms with Gasteiger partial charge in [-0.2, -0.15) is 12.6 Å². The maximum atomic E-state index is 14.0. The van der Waals surface area contributed by atoms with Gasteiger partial charge in [-0.3, -0.25) is 52.7 Å². The molecule has 378 valence electrons. The Morgan fingerprint density at radius 3 is 1.90 bits per heavy atom. The van der Waals surface area contributed by atoms with Crippen LogP contribution in [0, 0.1) is 11.8 Å². The molecule has 0 aliphatic carbocycles. The van der Waals surface area contributed by atoms with E-state index in [-0.39, 0.29) is 49.6 Å². The summed E-state index contributed by atoms with van der Waals surface area (Å²) in [4.78, 5) is 145. The Morgan fingerprint density at radius 2 is 1.34 bits per heavy atom. The summed E-state index contributed by atoms with van der Waals surface area (Å²) in [6.07, 6.45) is -0.309. The number of rotatable bonds is 29. The Hall–Kier alpha value is -6.46. The zero-order chi connectivity index (χ0) is 51.2. The van der Waals surface area contributed by atoms with Gasteiger partial charge in [-0.05, 0) is 61.6 Å². The minimum absolute atomic E-state index is 0.0171. The number of nitrogens with two attached hydrogens (primary N) is 2.